The van der Waals surface area contributed by atoms with Crippen molar-refractivity contribution < 1.29 is 33.3 Å². The molecule has 2 aromatic rings. The number of carbonyl (C=O) groups excluding carboxylic acids is 3. The molecule has 0 radical (unpaired) electrons. The van der Waals surface area contributed by atoms with Crippen LogP contribution in [0.5, 0.6) is 11.5 Å². The van der Waals surface area contributed by atoms with Crippen LogP contribution in [0.3, 0.4) is 0 Å². The van der Waals surface area contributed by atoms with Crippen LogP contribution >= 0.6 is 11.8 Å². The van der Waals surface area contributed by atoms with Gasteiger partial charge in [0.05, 0.1) is 11.3 Å². The number of nitrogens with one attached hydrogen (secondary N) is 1. The SMILES string of the molecule is CC(C)(C)OC(=O)COC(=O)c1cccnc1SCC(=O)Nc1ccc2c(c1)OCO2. The third-order valence-corrected chi connectivity index (χ3v) is 4.73. The van der Waals surface area contributed by atoms with Crippen molar-refractivity contribution in [1.82, 2.24) is 4.98 Å². The number of benzene rings is 1. The lowest BCUT2D eigenvalue weighted by Gasteiger charge is -2.19. The molecule has 1 aromatic heterocycles. The first-order chi connectivity index (χ1) is 14.7. The van der Waals surface area contributed by atoms with Gasteiger partial charge in [0.1, 0.15) is 10.6 Å². The fourth-order valence-corrected chi connectivity index (χ4v) is 3.32. The Morgan fingerprint density at radius 3 is 2.71 bits per heavy atom. The minimum absolute atomic E-state index is 0.0117. The summed E-state index contributed by atoms with van der Waals surface area (Å²) in [5.41, 5.74) is 0.0456. The first kappa shape index (κ1) is 22.4. The second kappa shape index (κ2) is 9.69. The molecule has 1 aliphatic rings. The predicted molar refractivity (Wildman–Crippen MR) is 112 cm³/mol. The van der Waals surface area contributed by atoms with E-state index in [0.29, 0.717) is 22.2 Å². The van der Waals surface area contributed by atoms with Gasteiger partial charge in [-0.1, -0.05) is 11.8 Å². The zero-order chi connectivity index (χ0) is 22.4. The average Bonchev–Trinajstić information content (AvgIpc) is 3.17. The molecule has 164 valence electrons. The Bertz CT molecular complexity index is 988. The highest BCUT2D eigenvalue weighted by molar-refractivity contribution is 8.00. The number of rotatable bonds is 7. The predicted octanol–water partition coefficient (Wildman–Crippen LogP) is 3.04. The summed E-state index contributed by atoms with van der Waals surface area (Å²) in [6.45, 7) is 4.79. The Labute approximate surface area is 183 Å². The van der Waals surface area contributed by atoms with Crippen molar-refractivity contribution in [2.45, 2.75) is 31.4 Å². The van der Waals surface area contributed by atoms with Gasteiger partial charge in [0, 0.05) is 18.0 Å². The summed E-state index contributed by atoms with van der Waals surface area (Å²) in [6.07, 6.45) is 1.50. The molecule has 0 unspecified atom stereocenters. The van der Waals surface area contributed by atoms with Crippen LogP contribution < -0.4 is 14.8 Å². The maximum atomic E-state index is 12.4. The number of anilines is 1. The van der Waals surface area contributed by atoms with Crippen LogP contribution in [0.2, 0.25) is 0 Å². The van der Waals surface area contributed by atoms with Gasteiger partial charge in [-0.25, -0.2) is 14.6 Å². The van der Waals surface area contributed by atoms with Crippen LogP contribution in [0, 0.1) is 0 Å². The van der Waals surface area contributed by atoms with E-state index in [0.717, 1.165) is 11.8 Å². The van der Waals surface area contributed by atoms with Gasteiger partial charge < -0.3 is 24.3 Å². The van der Waals surface area contributed by atoms with Crippen LogP contribution in [-0.2, 0) is 19.1 Å². The molecule has 1 amide bonds. The molecule has 31 heavy (non-hydrogen) atoms. The summed E-state index contributed by atoms with van der Waals surface area (Å²) in [6, 6.07) is 8.17. The monoisotopic (exact) mass is 446 g/mol. The van der Waals surface area contributed by atoms with E-state index >= 15 is 0 Å². The number of ether oxygens (including phenoxy) is 4. The Kier molecular flexibility index (Phi) is 7.01. The Morgan fingerprint density at radius 2 is 1.94 bits per heavy atom. The van der Waals surface area contributed by atoms with E-state index in [1.807, 2.05) is 0 Å². The Hall–Kier alpha value is -3.27. The summed E-state index contributed by atoms with van der Waals surface area (Å²) in [5.74, 6) is -0.472. The topological polar surface area (TPSA) is 113 Å². The standard InChI is InChI=1S/C21H22N2O7S/c1-21(2,3)30-18(25)10-27-20(26)14-5-4-8-22-19(14)31-11-17(24)23-13-6-7-15-16(9-13)29-12-28-15/h4-9H,10-12H2,1-3H3,(H,23,24). The number of nitrogens with zero attached hydrogens (tertiary/aromatic N) is 1. The molecule has 1 aromatic carbocycles. The molecule has 0 atom stereocenters. The zero-order valence-corrected chi connectivity index (χ0v) is 18.1. The average molecular weight is 446 g/mol. The van der Waals surface area contributed by atoms with Gasteiger partial charge in [-0.15, -0.1) is 0 Å². The zero-order valence-electron chi connectivity index (χ0n) is 17.3. The minimum Gasteiger partial charge on any atom is -0.457 e. The molecule has 9 nitrogen and oxygen atoms in total. The van der Waals surface area contributed by atoms with Crippen LogP contribution in [0.25, 0.3) is 0 Å². The van der Waals surface area contributed by atoms with Crippen molar-refractivity contribution in [3.63, 3.8) is 0 Å². The summed E-state index contributed by atoms with van der Waals surface area (Å²) < 4.78 is 20.7. The molecule has 2 heterocycles. The Morgan fingerprint density at radius 1 is 1.16 bits per heavy atom. The van der Waals surface area contributed by atoms with E-state index in [1.54, 1.807) is 45.0 Å². The lowest BCUT2D eigenvalue weighted by molar-refractivity contribution is -0.158. The van der Waals surface area contributed by atoms with Crippen LogP contribution in [0.1, 0.15) is 31.1 Å². The fraction of sp³-hybridized carbons (Fsp3) is 0.333. The molecule has 0 saturated carbocycles. The molecular weight excluding hydrogens is 424 g/mol. The van der Waals surface area contributed by atoms with Gasteiger partial charge in [-0.2, -0.15) is 0 Å². The molecule has 3 rings (SSSR count). The van der Waals surface area contributed by atoms with Crippen molar-refractivity contribution >= 4 is 35.3 Å². The molecule has 10 heteroatoms. The number of esters is 2. The van der Waals surface area contributed by atoms with E-state index < -0.39 is 24.1 Å². The van der Waals surface area contributed by atoms with Gasteiger partial charge in [-0.3, -0.25) is 4.79 Å². The normalized spacial score (nSPS) is 12.2. The van der Waals surface area contributed by atoms with Crippen molar-refractivity contribution in [1.29, 1.82) is 0 Å². The van der Waals surface area contributed by atoms with E-state index in [1.165, 1.54) is 12.3 Å². The highest BCUT2D eigenvalue weighted by atomic mass is 32.2. The van der Waals surface area contributed by atoms with Crippen molar-refractivity contribution in [2.24, 2.45) is 0 Å². The number of carbonyl (C=O) groups is 3. The maximum Gasteiger partial charge on any atom is 0.344 e. The number of hydrogen-bond donors (Lipinski definition) is 1. The first-order valence-electron chi connectivity index (χ1n) is 9.37. The lowest BCUT2D eigenvalue weighted by Crippen LogP contribution is -2.27. The van der Waals surface area contributed by atoms with E-state index in [4.69, 9.17) is 18.9 Å². The summed E-state index contributed by atoms with van der Waals surface area (Å²) in [5, 5.41) is 3.07. The molecule has 0 aliphatic carbocycles. The van der Waals surface area contributed by atoms with Gasteiger partial charge in [0.25, 0.3) is 0 Å². The van der Waals surface area contributed by atoms with E-state index in [-0.39, 0.29) is 24.0 Å². The highest BCUT2D eigenvalue weighted by Crippen LogP contribution is 2.34. The molecule has 0 saturated heterocycles. The minimum atomic E-state index is -0.724. The second-order valence-electron chi connectivity index (χ2n) is 7.42. The third-order valence-electron chi connectivity index (χ3n) is 3.73. The molecular formula is C21H22N2O7S. The van der Waals surface area contributed by atoms with Gasteiger partial charge in [0.15, 0.2) is 18.1 Å². The second-order valence-corrected chi connectivity index (χ2v) is 8.39. The van der Waals surface area contributed by atoms with Gasteiger partial charge >= 0.3 is 11.9 Å². The quantitative estimate of drug-likeness (QED) is 0.506. The molecule has 1 N–H and O–H groups in total. The van der Waals surface area contributed by atoms with E-state index in [9.17, 15) is 14.4 Å². The largest absolute Gasteiger partial charge is 0.457 e. The van der Waals surface area contributed by atoms with Crippen molar-refractivity contribution in [2.75, 3.05) is 24.5 Å². The summed E-state index contributed by atoms with van der Waals surface area (Å²) >= 11 is 1.08. The van der Waals surface area contributed by atoms with E-state index in [2.05, 4.69) is 10.3 Å². The highest BCUT2D eigenvalue weighted by Gasteiger charge is 2.20. The number of pyridine rings is 1. The lowest BCUT2D eigenvalue weighted by atomic mass is 10.2. The number of hydrogen-bond acceptors (Lipinski definition) is 9. The van der Waals surface area contributed by atoms with Crippen LogP contribution in [0.4, 0.5) is 5.69 Å². The summed E-state index contributed by atoms with van der Waals surface area (Å²) in [4.78, 5) is 40.6. The van der Waals surface area contributed by atoms with Gasteiger partial charge in [0.2, 0.25) is 12.7 Å². The molecule has 0 bridgehead atoms. The van der Waals surface area contributed by atoms with Crippen LogP contribution in [-0.4, -0.2) is 47.6 Å². The molecule has 0 spiro atoms. The molecule has 1 aliphatic heterocycles. The number of thioether (sulfide) groups is 1. The van der Waals surface area contributed by atoms with Crippen LogP contribution in [0.15, 0.2) is 41.6 Å². The third kappa shape index (κ3) is 6.61. The maximum absolute atomic E-state index is 12.4. The van der Waals surface area contributed by atoms with Gasteiger partial charge in [-0.05, 0) is 45.0 Å². The van der Waals surface area contributed by atoms with Crippen molar-refractivity contribution in [3.05, 3.63) is 42.1 Å². The smallest absolute Gasteiger partial charge is 0.344 e. The number of fused-ring (bicyclic) bond motifs is 1. The first-order valence-corrected chi connectivity index (χ1v) is 10.4. The van der Waals surface area contributed by atoms with Crippen molar-refractivity contribution in [3.8, 4) is 11.5 Å². The fourth-order valence-electron chi connectivity index (χ4n) is 2.54. The number of amides is 1. The summed E-state index contributed by atoms with van der Waals surface area (Å²) in [7, 11) is 0. The Balaban J connectivity index is 1.54. The number of aromatic nitrogens is 1. The molecule has 0 fully saturated rings.